The third-order valence-corrected chi connectivity index (χ3v) is 4.76. The Hall–Kier alpha value is -3.42. The van der Waals surface area contributed by atoms with Crippen molar-refractivity contribution >= 4 is 23.2 Å². The fourth-order valence-corrected chi connectivity index (χ4v) is 3.22. The van der Waals surface area contributed by atoms with E-state index in [4.69, 9.17) is 4.74 Å². The van der Waals surface area contributed by atoms with E-state index in [1.807, 2.05) is 0 Å². The van der Waals surface area contributed by atoms with Gasteiger partial charge in [-0.25, -0.2) is 0 Å². The molecule has 8 nitrogen and oxygen atoms in total. The number of amides is 2. The first kappa shape index (κ1) is 19.3. The Balaban J connectivity index is 2.03. The summed E-state index contributed by atoms with van der Waals surface area (Å²) >= 11 is 0. The molecular weight excluding hydrogens is 362 g/mol. The van der Waals surface area contributed by atoms with Gasteiger partial charge in [-0.05, 0) is 31.5 Å². The number of ether oxygens (including phenoxy) is 1. The Bertz CT molecular complexity index is 928. The molecule has 2 amide bonds. The highest BCUT2D eigenvalue weighted by Crippen LogP contribution is 2.30. The van der Waals surface area contributed by atoms with E-state index in [1.54, 1.807) is 48.2 Å². The second-order valence-electron chi connectivity index (χ2n) is 6.57. The second kappa shape index (κ2) is 8.08. The van der Waals surface area contributed by atoms with Crippen molar-refractivity contribution in [3.63, 3.8) is 0 Å². The van der Waals surface area contributed by atoms with E-state index < -0.39 is 10.8 Å². The molecule has 2 aromatic rings. The van der Waals surface area contributed by atoms with Crippen LogP contribution in [0, 0.1) is 17.0 Å². The molecule has 0 bridgehead atoms. The number of rotatable bonds is 6. The lowest BCUT2D eigenvalue weighted by molar-refractivity contribution is -0.385. The number of nitro groups is 1. The number of para-hydroxylation sites is 2. The number of carbonyl (C=O) groups is 2. The third kappa shape index (κ3) is 3.80. The Morgan fingerprint density at radius 3 is 2.68 bits per heavy atom. The van der Waals surface area contributed by atoms with Crippen molar-refractivity contribution in [3.8, 4) is 5.75 Å². The summed E-state index contributed by atoms with van der Waals surface area (Å²) < 4.78 is 5.38. The van der Waals surface area contributed by atoms with Gasteiger partial charge in [-0.1, -0.05) is 18.2 Å². The molecule has 0 saturated carbocycles. The van der Waals surface area contributed by atoms with E-state index in [2.05, 4.69) is 0 Å². The molecule has 0 radical (unpaired) electrons. The maximum Gasteiger partial charge on any atom is 0.273 e. The lowest BCUT2D eigenvalue weighted by Gasteiger charge is -2.29. The molecule has 0 spiro atoms. The Morgan fingerprint density at radius 2 is 2.04 bits per heavy atom. The number of methoxy groups -OCH3 is 1. The van der Waals surface area contributed by atoms with E-state index in [0.29, 0.717) is 30.0 Å². The van der Waals surface area contributed by atoms with Gasteiger partial charge in [0.25, 0.3) is 11.6 Å². The molecule has 0 N–H and O–H groups in total. The molecule has 1 saturated heterocycles. The molecular formula is C20H21N3O5. The minimum atomic E-state index is -0.510. The SMILES string of the molecule is COc1ccccc1N(CN1CCCC1=O)C(=O)c1ccc(C)c([N+](=O)[O-])c1. The van der Waals surface area contributed by atoms with Gasteiger partial charge in [0.05, 0.1) is 17.7 Å². The highest BCUT2D eigenvalue weighted by Gasteiger charge is 2.28. The zero-order valence-electron chi connectivity index (χ0n) is 15.8. The second-order valence-corrected chi connectivity index (χ2v) is 6.57. The first-order chi connectivity index (χ1) is 13.4. The van der Waals surface area contributed by atoms with Gasteiger partial charge in [0.2, 0.25) is 5.91 Å². The summed E-state index contributed by atoms with van der Waals surface area (Å²) in [6.45, 7) is 2.23. The minimum absolute atomic E-state index is 0.0254. The standard InChI is InChI=1S/C20H21N3O5/c1-14-9-10-15(12-17(14)23(26)27)20(25)22(13-21-11-5-8-19(21)24)16-6-3-4-7-18(16)28-2/h3-4,6-7,9-10,12H,5,8,11,13H2,1-2H3. The van der Waals surface area contributed by atoms with Crippen molar-refractivity contribution in [3.05, 3.63) is 63.7 Å². The van der Waals surface area contributed by atoms with E-state index in [9.17, 15) is 19.7 Å². The average Bonchev–Trinajstić information content (AvgIpc) is 3.10. The molecule has 8 heteroatoms. The normalized spacial score (nSPS) is 13.5. The van der Waals surface area contributed by atoms with Crippen molar-refractivity contribution in [2.24, 2.45) is 0 Å². The monoisotopic (exact) mass is 383 g/mol. The molecule has 3 rings (SSSR count). The van der Waals surface area contributed by atoms with E-state index in [-0.39, 0.29) is 23.8 Å². The quantitative estimate of drug-likeness (QED) is 0.564. The summed E-state index contributed by atoms with van der Waals surface area (Å²) in [5.41, 5.74) is 1.02. The van der Waals surface area contributed by atoms with E-state index >= 15 is 0 Å². The topological polar surface area (TPSA) is 93.0 Å². The van der Waals surface area contributed by atoms with Gasteiger partial charge in [-0.15, -0.1) is 0 Å². The molecule has 0 aliphatic carbocycles. The van der Waals surface area contributed by atoms with Gasteiger partial charge in [-0.3, -0.25) is 24.6 Å². The summed E-state index contributed by atoms with van der Waals surface area (Å²) in [6.07, 6.45) is 1.19. The van der Waals surface area contributed by atoms with Gasteiger partial charge in [-0.2, -0.15) is 0 Å². The highest BCUT2D eigenvalue weighted by atomic mass is 16.6. The van der Waals surface area contributed by atoms with Crippen LogP contribution in [0.4, 0.5) is 11.4 Å². The number of carbonyl (C=O) groups excluding carboxylic acids is 2. The maximum absolute atomic E-state index is 13.3. The Labute approximate surface area is 162 Å². The van der Waals surface area contributed by atoms with E-state index in [0.717, 1.165) is 6.42 Å². The average molecular weight is 383 g/mol. The molecule has 2 aromatic carbocycles. The molecule has 28 heavy (non-hydrogen) atoms. The summed E-state index contributed by atoms with van der Waals surface area (Å²) in [6, 6.07) is 11.4. The van der Waals surface area contributed by atoms with Crippen molar-refractivity contribution in [1.29, 1.82) is 0 Å². The highest BCUT2D eigenvalue weighted by molar-refractivity contribution is 6.07. The van der Waals surface area contributed by atoms with Gasteiger partial charge in [0.1, 0.15) is 12.4 Å². The number of anilines is 1. The molecule has 1 aliphatic heterocycles. The first-order valence-corrected chi connectivity index (χ1v) is 8.90. The van der Waals surface area contributed by atoms with Crippen LogP contribution in [0.25, 0.3) is 0 Å². The van der Waals surface area contributed by atoms with Gasteiger partial charge < -0.3 is 9.64 Å². The molecule has 1 fully saturated rings. The molecule has 1 aliphatic rings. The van der Waals surface area contributed by atoms with Crippen molar-refractivity contribution < 1.29 is 19.2 Å². The lowest BCUT2D eigenvalue weighted by Crippen LogP contribution is -2.42. The summed E-state index contributed by atoms with van der Waals surface area (Å²) in [5, 5.41) is 11.3. The predicted octanol–water partition coefficient (Wildman–Crippen LogP) is 3.14. The Kier molecular flexibility index (Phi) is 5.58. The van der Waals surface area contributed by atoms with Crippen LogP contribution in [0.2, 0.25) is 0 Å². The van der Waals surface area contributed by atoms with Crippen LogP contribution >= 0.6 is 0 Å². The van der Waals surface area contributed by atoms with E-state index in [1.165, 1.54) is 18.1 Å². The van der Waals surface area contributed by atoms with Crippen LogP contribution in [-0.2, 0) is 4.79 Å². The first-order valence-electron chi connectivity index (χ1n) is 8.90. The fraction of sp³-hybridized carbons (Fsp3) is 0.300. The summed E-state index contributed by atoms with van der Waals surface area (Å²) in [7, 11) is 1.50. The predicted molar refractivity (Wildman–Crippen MR) is 103 cm³/mol. The van der Waals surface area contributed by atoms with Gasteiger partial charge in [0.15, 0.2) is 0 Å². The van der Waals surface area contributed by atoms with Crippen molar-refractivity contribution in [2.45, 2.75) is 19.8 Å². The number of nitrogens with zero attached hydrogens (tertiary/aromatic N) is 3. The number of aryl methyl sites for hydroxylation is 1. The number of likely N-dealkylation sites (tertiary alicyclic amines) is 1. The molecule has 0 unspecified atom stereocenters. The number of hydrogen-bond donors (Lipinski definition) is 0. The molecule has 146 valence electrons. The Morgan fingerprint density at radius 1 is 1.29 bits per heavy atom. The van der Waals surface area contributed by atoms with Crippen LogP contribution in [0.1, 0.15) is 28.8 Å². The zero-order chi connectivity index (χ0) is 20.3. The summed E-state index contributed by atoms with van der Waals surface area (Å²) in [4.78, 5) is 39.2. The minimum Gasteiger partial charge on any atom is -0.495 e. The van der Waals surface area contributed by atoms with Crippen LogP contribution in [-0.4, -0.2) is 42.0 Å². The lowest BCUT2D eigenvalue weighted by atomic mass is 10.1. The zero-order valence-corrected chi connectivity index (χ0v) is 15.8. The van der Waals surface area contributed by atoms with Crippen molar-refractivity contribution in [2.75, 3.05) is 25.2 Å². The van der Waals surface area contributed by atoms with Gasteiger partial charge >= 0.3 is 0 Å². The van der Waals surface area contributed by atoms with Crippen LogP contribution in [0.3, 0.4) is 0 Å². The van der Waals surface area contributed by atoms with Crippen LogP contribution in [0.15, 0.2) is 42.5 Å². The van der Waals surface area contributed by atoms with Crippen LogP contribution < -0.4 is 9.64 Å². The fourth-order valence-electron chi connectivity index (χ4n) is 3.22. The largest absolute Gasteiger partial charge is 0.495 e. The summed E-state index contributed by atoms with van der Waals surface area (Å²) in [5.74, 6) is 0.0130. The number of hydrogen-bond acceptors (Lipinski definition) is 5. The van der Waals surface area contributed by atoms with Crippen LogP contribution in [0.5, 0.6) is 5.75 Å². The maximum atomic E-state index is 13.3. The number of nitro benzene ring substituents is 1. The smallest absolute Gasteiger partial charge is 0.273 e. The third-order valence-electron chi connectivity index (χ3n) is 4.76. The molecule has 0 aromatic heterocycles. The molecule has 1 heterocycles. The van der Waals surface area contributed by atoms with Crippen molar-refractivity contribution in [1.82, 2.24) is 4.90 Å². The number of benzene rings is 2. The molecule has 0 atom stereocenters. The van der Waals surface area contributed by atoms with Gasteiger partial charge in [0, 0.05) is 30.2 Å².